The molecule has 0 aromatic carbocycles. The average Bonchev–Trinajstić information content (AvgIpc) is 2.95. The van der Waals surface area contributed by atoms with Gasteiger partial charge < -0.3 is 15.4 Å². The van der Waals surface area contributed by atoms with Gasteiger partial charge in [0.25, 0.3) is 5.56 Å². The molecule has 0 spiro atoms. The van der Waals surface area contributed by atoms with Crippen molar-refractivity contribution in [2.75, 3.05) is 12.3 Å². The number of anilines is 1. The lowest BCUT2D eigenvalue weighted by molar-refractivity contribution is 0.265. The summed E-state index contributed by atoms with van der Waals surface area (Å²) in [5, 5.41) is 8.96. The Bertz CT molecular complexity index is 687. The maximum absolute atomic E-state index is 11.7. The van der Waals surface area contributed by atoms with Crippen molar-refractivity contribution in [2.24, 2.45) is 5.92 Å². The van der Waals surface area contributed by atoms with E-state index in [0.29, 0.717) is 17.1 Å². The van der Waals surface area contributed by atoms with Gasteiger partial charge in [0.15, 0.2) is 11.2 Å². The van der Waals surface area contributed by atoms with Crippen molar-refractivity contribution >= 4 is 17.1 Å². The number of imidazole rings is 1. The van der Waals surface area contributed by atoms with Crippen LogP contribution in [-0.2, 0) is 0 Å². The Morgan fingerprint density at radius 1 is 1.53 bits per heavy atom. The molecule has 0 fully saturated rings. The zero-order valence-corrected chi connectivity index (χ0v) is 10.3. The van der Waals surface area contributed by atoms with Crippen molar-refractivity contribution in [1.82, 2.24) is 19.5 Å². The number of hydrogen-bond donors (Lipinski definition) is 3. The van der Waals surface area contributed by atoms with Crippen molar-refractivity contribution in [1.29, 1.82) is 0 Å². The Morgan fingerprint density at radius 2 is 2.37 bits per heavy atom. The molecule has 19 heavy (non-hydrogen) atoms. The Morgan fingerprint density at radius 3 is 3.16 bits per heavy atom. The van der Waals surface area contributed by atoms with Gasteiger partial charge in [0.05, 0.1) is 12.4 Å². The van der Waals surface area contributed by atoms with Crippen LogP contribution in [0.2, 0.25) is 0 Å². The Balaban J connectivity index is 1.99. The smallest absolute Gasteiger partial charge is 0.280 e. The van der Waals surface area contributed by atoms with E-state index in [2.05, 4.69) is 27.1 Å². The monoisotopic (exact) mass is 261 g/mol. The molecule has 7 nitrogen and oxygen atoms in total. The number of nitrogen functional groups attached to an aromatic ring is 1. The number of allylic oxidation sites excluding steroid dienone is 2. The van der Waals surface area contributed by atoms with Crippen LogP contribution in [-0.4, -0.2) is 31.2 Å². The van der Waals surface area contributed by atoms with Crippen LogP contribution in [0.5, 0.6) is 0 Å². The maximum atomic E-state index is 11.7. The van der Waals surface area contributed by atoms with Crippen LogP contribution in [0, 0.1) is 5.92 Å². The fourth-order valence-electron chi connectivity index (χ4n) is 2.52. The molecule has 0 unspecified atom stereocenters. The Labute approximate surface area is 108 Å². The van der Waals surface area contributed by atoms with E-state index in [0.717, 1.165) is 12.8 Å². The van der Waals surface area contributed by atoms with E-state index >= 15 is 0 Å². The fourth-order valence-corrected chi connectivity index (χ4v) is 2.52. The number of aliphatic hydroxyl groups is 1. The number of aromatic nitrogens is 4. The van der Waals surface area contributed by atoms with Gasteiger partial charge in [-0.2, -0.15) is 4.98 Å². The van der Waals surface area contributed by atoms with Gasteiger partial charge in [-0.15, -0.1) is 0 Å². The molecular formula is C12H15N5O2. The highest BCUT2D eigenvalue weighted by Gasteiger charge is 2.22. The lowest BCUT2D eigenvalue weighted by Gasteiger charge is -2.13. The van der Waals surface area contributed by atoms with Gasteiger partial charge in [-0.05, 0) is 18.8 Å². The first-order valence-corrected chi connectivity index (χ1v) is 6.20. The fraction of sp³-hybridized carbons (Fsp3) is 0.417. The van der Waals surface area contributed by atoms with E-state index in [4.69, 9.17) is 10.8 Å². The second kappa shape index (κ2) is 4.51. The van der Waals surface area contributed by atoms with Crippen molar-refractivity contribution in [3.8, 4) is 0 Å². The van der Waals surface area contributed by atoms with Crippen molar-refractivity contribution in [3.63, 3.8) is 0 Å². The maximum Gasteiger partial charge on any atom is 0.280 e. The van der Waals surface area contributed by atoms with E-state index in [1.807, 2.05) is 4.57 Å². The quantitative estimate of drug-likeness (QED) is 0.684. The van der Waals surface area contributed by atoms with Crippen LogP contribution in [0.1, 0.15) is 18.9 Å². The number of aliphatic hydroxyl groups excluding tert-OH is 1. The molecule has 0 saturated carbocycles. The molecule has 2 aromatic heterocycles. The van der Waals surface area contributed by atoms with Gasteiger partial charge >= 0.3 is 0 Å². The van der Waals surface area contributed by atoms with Gasteiger partial charge in [-0.3, -0.25) is 9.78 Å². The average molecular weight is 261 g/mol. The predicted octanol–water partition coefficient (Wildman–Crippen LogP) is 0.201. The molecule has 0 amide bonds. The Hall–Kier alpha value is -2.15. The van der Waals surface area contributed by atoms with E-state index in [1.54, 1.807) is 6.33 Å². The van der Waals surface area contributed by atoms with Gasteiger partial charge in [-0.25, -0.2) is 4.98 Å². The van der Waals surface area contributed by atoms with Gasteiger partial charge in [0, 0.05) is 6.61 Å². The first kappa shape index (κ1) is 11.9. The van der Waals surface area contributed by atoms with E-state index in [1.165, 1.54) is 0 Å². The molecule has 0 aliphatic heterocycles. The molecule has 1 aliphatic carbocycles. The third kappa shape index (κ3) is 2.01. The number of H-pyrrole nitrogens is 1. The number of fused-ring (bicyclic) bond motifs is 1. The first-order valence-electron chi connectivity index (χ1n) is 6.20. The van der Waals surface area contributed by atoms with Crippen LogP contribution >= 0.6 is 0 Å². The minimum absolute atomic E-state index is 0.0909. The van der Waals surface area contributed by atoms with Crippen LogP contribution in [0.4, 0.5) is 5.95 Å². The molecule has 1 aliphatic rings. The third-order valence-electron chi connectivity index (χ3n) is 3.46. The minimum Gasteiger partial charge on any atom is -0.396 e. The van der Waals surface area contributed by atoms with Crippen LogP contribution in [0.25, 0.3) is 11.2 Å². The molecule has 0 saturated heterocycles. The van der Waals surface area contributed by atoms with Crippen molar-refractivity contribution in [3.05, 3.63) is 28.8 Å². The molecular weight excluding hydrogens is 246 g/mol. The number of hydrogen-bond acceptors (Lipinski definition) is 5. The van der Waals surface area contributed by atoms with E-state index in [-0.39, 0.29) is 24.2 Å². The number of aromatic amines is 1. The summed E-state index contributed by atoms with van der Waals surface area (Å²) in [5.41, 5.74) is 6.04. The standard InChI is InChI=1S/C12H15N5O2/c13-12-15-10-9(11(19)16-12)14-6-17(10)8-2-1-7(5-8)3-4-18/h1-2,6-8,18H,3-5H2,(H3,13,15,16,19)/t7-,8-/m0/s1. The normalized spacial score (nSPS) is 22.4. The molecule has 0 bridgehead atoms. The summed E-state index contributed by atoms with van der Waals surface area (Å²) in [5.74, 6) is 0.444. The number of nitrogens with two attached hydrogens (primary N) is 1. The van der Waals surface area contributed by atoms with Crippen LogP contribution in [0.3, 0.4) is 0 Å². The molecule has 4 N–H and O–H groups in total. The summed E-state index contributed by atoms with van der Waals surface area (Å²) in [7, 11) is 0. The van der Waals surface area contributed by atoms with E-state index < -0.39 is 0 Å². The van der Waals surface area contributed by atoms with E-state index in [9.17, 15) is 4.79 Å². The minimum atomic E-state index is -0.324. The highest BCUT2D eigenvalue weighted by molar-refractivity contribution is 5.70. The number of rotatable bonds is 3. The summed E-state index contributed by atoms with van der Waals surface area (Å²) >= 11 is 0. The molecule has 2 aromatic rings. The van der Waals surface area contributed by atoms with Crippen molar-refractivity contribution in [2.45, 2.75) is 18.9 Å². The number of nitrogens with zero attached hydrogens (tertiary/aromatic N) is 3. The molecule has 2 atom stereocenters. The van der Waals surface area contributed by atoms with Gasteiger partial charge in [-0.1, -0.05) is 12.2 Å². The molecule has 7 heteroatoms. The molecule has 3 rings (SSSR count). The summed E-state index contributed by atoms with van der Waals surface area (Å²) in [6, 6.07) is 0.107. The molecule has 2 heterocycles. The van der Waals surface area contributed by atoms with Gasteiger partial charge in [0.2, 0.25) is 5.95 Å². The van der Waals surface area contributed by atoms with Crippen molar-refractivity contribution < 1.29 is 5.11 Å². The summed E-state index contributed by atoms with van der Waals surface area (Å²) < 4.78 is 1.86. The highest BCUT2D eigenvalue weighted by atomic mass is 16.3. The second-order valence-electron chi connectivity index (χ2n) is 4.74. The van der Waals surface area contributed by atoms with Crippen LogP contribution < -0.4 is 11.3 Å². The SMILES string of the molecule is Nc1nc2c(ncn2[C@H]2C=C[C@@H](CCO)C2)c(=O)[nH]1. The highest BCUT2D eigenvalue weighted by Crippen LogP contribution is 2.31. The first-order chi connectivity index (χ1) is 9.19. The Kier molecular flexibility index (Phi) is 2.83. The summed E-state index contributed by atoms with van der Waals surface area (Å²) in [4.78, 5) is 22.4. The zero-order chi connectivity index (χ0) is 13.4. The summed E-state index contributed by atoms with van der Waals surface area (Å²) in [6.45, 7) is 0.178. The second-order valence-corrected chi connectivity index (χ2v) is 4.74. The molecule has 0 radical (unpaired) electrons. The molecule has 100 valence electrons. The zero-order valence-electron chi connectivity index (χ0n) is 10.3. The lowest BCUT2D eigenvalue weighted by Crippen LogP contribution is -2.13. The third-order valence-corrected chi connectivity index (χ3v) is 3.46. The largest absolute Gasteiger partial charge is 0.396 e. The topological polar surface area (TPSA) is 110 Å². The lowest BCUT2D eigenvalue weighted by atomic mass is 10.0. The van der Waals surface area contributed by atoms with Crippen LogP contribution in [0.15, 0.2) is 23.3 Å². The van der Waals surface area contributed by atoms with Gasteiger partial charge in [0.1, 0.15) is 0 Å². The summed E-state index contributed by atoms with van der Waals surface area (Å²) in [6.07, 6.45) is 7.38. The number of nitrogens with one attached hydrogen (secondary N) is 1. The predicted molar refractivity (Wildman–Crippen MR) is 70.5 cm³/mol.